The molecule has 0 spiro atoms. The second kappa shape index (κ2) is 10.3. The lowest BCUT2D eigenvalue weighted by molar-refractivity contribution is -0.159. The number of amides is 2. The Balaban J connectivity index is 1.79. The van der Waals surface area contributed by atoms with Crippen molar-refractivity contribution in [3.05, 3.63) is 71.8 Å². The molecule has 2 aromatic carbocycles. The smallest absolute Gasteiger partial charge is 0.308 e. The van der Waals surface area contributed by atoms with Crippen LogP contribution in [0.5, 0.6) is 0 Å². The zero-order valence-corrected chi connectivity index (χ0v) is 16.4. The van der Waals surface area contributed by atoms with Crippen molar-refractivity contribution in [2.45, 2.75) is 39.0 Å². The highest BCUT2D eigenvalue weighted by molar-refractivity contribution is 5.94. The minimum atomic E-state index is -0.891. The van der Waals surface area contributed by atoms with Gasteiger partial charge in [-0.3, -0.25) is 14.4 Å². The number of ether oxygens (including phenoxy) is 1. The van der Waals surface area contributed by atoms with Crippen LogP contribution in [0.25, 0.3) is 0 Å². The zero-order chi connectivity index (χ0) is 20.5. The van der Waals surface area contributed by atoms with Gasteiger partial charge in [0.2, 0.25) is 0 Å². The highest BCUT2D eigenvalue weighted by Gasteiger charge is 2.23. The molecule has 2 aromatic rings. The highest BCUT2D eigenvalue weighted by atomic mass is 16.5. The summed E-state index contributed by atoms with van der Waals surface area (Å²) in [6.45, 7) is 3.70. The quantitative estimate of drug-likeness (QED) is 0.713. The molecule has 0 radical (unpaired) electrons. The number of carbonyl (C=O) groups excluding carboxylic acids is 3. The number of esters is 1. The molecule has 0 heterocycles. The van der Waals surface area contributed by atoms with Crippen LogP contribution in [0.2, 0.25) is 0 Å². The normalized spacial score (nSPS) is 12.5. The summed E-state index contributed by atoms with van der Waals surface area (Å²) in [4.78, 5) is 38.2. The second-order valence-electron chi connectivity index (χ2n) is 6.76. The van der Waals surface area contributed by atoms with E-state index in [0.29, 0.717) is 12.1 Å². The van der Waals surface area contributed by atoms with Gasteiger partial charge in [-0.2, -0.15) is 0 Å². The SMILES string of the molecule is CC(CC(=O)OC(C)C(=O)N(C)Cc1ccccc1)NC(=O)c1ccccc1. The van der Waals surface area contributed by atoms with E-state index in [1.807, 2.05) is 36.4 Å². The van der Waals surface area contributed by atoms with E-state index >= 15 is 0 Å². The number of nitrogens with zero attached hydrogens (tertiary/aromatic N) is 1. The van der Waals surface area contributed by atoms with Gasteiger partial charge in [0.1, 0.15) is 0 Å². The fraction of sp³-hybridized carbons (Fsp3) is 0.318. The number of hydrogen-bond donors (Lipinski definition) is 1. The number of benzene rings is 2. The van der Waals surface area contributed by atoms with Crippen molar-refractivity contribution in [3.63, 3.8) is 0 Å². The summed E-state index contributed by atoms with van der Waals surface area (Å²) in [5.74, 6) is -1.07. The van der Waals surface area contributed by atoms with Crippen LogP contribution in [0.3, 0.4) is 0 Å². The highest BCUT2D eigenvalue weighted by Crippen LogP contribution is 2.07. The maximum absolute atomic E-state index is 12.4. The van der Waals surface area contributed by atoms with E-state index in [4.69, 9.17) is 4.74 Å². The van der Waals surface area contributed by atoms with Crippen LogP contribution in [0.15, 0.2) is 60.7 Å². The third-order valence-corrected chi connectivity index (χ3v) is 4.18. The van der Waals surface area contributed by atoms with Crippen LogP contribution in [0.1, 0.15) is 36.2 Å². The zero-order valence-electron chi connectivity index (χ0n) is 16.4. The molecule has 0 saturated carbocycles. The van der Waals surface area contributed by atoms with Crippen LogP contribution in [0, 0.1) is 0 Å². The van der Waals surface area contributed by atoms with Gasteiger partial charge in [-0.25, -0.2) is 0 Å². The van der Waals surface area contributed by atoms with Gasteiger partial charge in [0.15, 0.2) is 6.10 Å². The average molecular weight is 382 g/mol. The van der Waals surface area contributed by atoms with E-state index in [1.165, 1.54) is 4.90 Å². The summed E-state index contributed by atoms with van der Waals surface area (Å²) in [5, 5.41) is 2.75. The second-order valence-corrected chi connectivity index (χ2v) is 6.76. The van der Waals surface area contributed by atoms with Crippen LogP contribution in [0.4, 0.5) is 0 Å². The van der Waals surface area contributed by atoms with Gasteiger partial charge < -0.3 is 15.0 Å². The molecule has 28 heavy (non-hydrogen) atoms. The fourth-order valence-electron chi connectivity index (χ4n) is 2.74. The first-order valence-corrected chi connectivity index (χ1v) is 9.21. The molecule has 2 amide bonds. The molecule has 148 valence electrons. The van der Waals surface area contributed by atoms with Crippen molar-refractivity contribution in [1.29, 1.82) is 0 Å². The third kappa shape index (κ3) is 6.54. The van der Waals surface area contributed by atoms with Gasteiger partial charge in [-0.1, -0.05) is 48.5 Å². The Morgan fingerprint density at radius 1 is 0.964 bits per heavy atom. The van der Waals surface area contributed by atoms with Gasteiger partial charge in [0.05, 0.1) is 6.42 Å². The molecule has 1 N–H and O–H groups in total. The molecular formula is C22H26N2O4. The van der Waals surface area contributed by atoms with Crippen LogP contribution >= 0.6 is 0 Å². The minimum absolute atomic E-state index is 0.0153. The molecule has 0 fully saturated rings. The molecule has 0 aliphatic carbocycles. The van der Waals surface area contributed by atoms with Gasteiger partial charge in [0, 0.05) is 25.2 Å². The first-order chi connectivity index (χ1) is 13.4. The average Bonchev–Trinajstić information content (AvgIpc) is 2.68. The molecule has 0 aliphatic heterocycles. The molecule has 2 unspecified atom stereocenters. The largest absolute Gasteiger partial charge is 0.452 e. The van der Waals surface area contributed by atoms with Crippen LogP contribution in [-0.2, 0) is 20.9 Å². The summed E-state index contributed by atoms with van der Waals surface area (Å²) in [7, 11) is 1.67. The standard InChI is InChI=1S/C22H26N2O4/c1-16(23-21(26)19-12-8-5-9-13-19)14-20(25)28-17(2)22(27)24(3)15-18-10-6-4-7-11-18/h4-13,16-17H,14-15H2,1-3H3,(H,23,26). The number of hydrogen-bond acceptors (Lipinski definition) is 4. The van der Waals surface area contributed by atoms with E-state index in [2.05, 4.69) is 5.32 Å². The lowest BCUT2D eigenvalue weighted by atomic mass is 10.2. The maximum Gasteiger partial charge on any atom is 0.308 e. The molecule has 0 aromatic heterocycles. The number of carbonyl (C=O) groups is 3. The first-order valence-electron chi connectivity index (χ1n) is 9.21. The van der Waals surface area contributed by atoms with Crippen molar-refractivity contribution in [3.8, 4) is 0 Å². The third-order valence-electron chi connectivity index (χ3n) is 4.18. The summed E-state index contributed by atoms with van der Waals surface area (Å²) >= 11 is 0. The van der Waals surface area contributed by atoms with Crippen molar-refractivity contribution < 1.29 is 19.1 Å². The summed E-state index contributed by atoms with van der Waals surface area (Å²) in [5.41, 5.74) is 1.52. The fourth-order valence-corrected chi connectivity index (χ4v) is 2.74. The Kier molecular flexibility index (Phi) is 7.75. The topological polar surface area (TPSA) is 75.7 Å². The Hall–Kier alpha value is -3.15. The molecule has 0 saturated heterocycles. The molecular weight excluding hydrogens is 356 g/mol. The number of nitrogens with one attached hydrogen (secondary N) is 1. The number of likely N-dealkylation sites (N-methyl/N-ethyl adjacent to an activating group) is 1. The van der Waals surface area contributed by atoms with E-state index in [-0.39, 0.29) is 18.2 Å². The molecule has 0 aliphatic rings. The van der Waals surface area contributed by atoms with Gasteiger partial charge in [-0.05, 0) is 31.5 Å². The van der Waals surface area contributed by atoms with Gasteiger partial charge >= 0.3 is 5.97 Å². The Bertz CT molecular complexity index is 793. The lowest BCUT2D eigenvalue weighted by Gasteiger charge is -2.22. The van der Waals surface area contributed by atoms with Gasteiger partial charge in [0.25, 0.3) is 11.8 Å². The van der Waals surface area contributed by atoms with Gasteiger partial charge in [-0.15, -0.1) is 0 Å². The predicted molar refractivity (Wildman–Crippen MR) is 106 cm³/mol. The summed E-state index contributed by atoms with van der Waals surface area (Å²) in [6, 6.07) is 17.9. The Labute approximate surface area is 165 Å². The number of rotatable bonds is 8. The van der Waals surface area contributed by atoms with Crippen LogP contribution in [-0.4, -0.2) is 41.9 Å². The molecule has 6 nitrogen and oxygen atoms in total. The Morgan fingerprint density at radius 2 is 1.54 bits per heavy atom. The Morgan fingerprint density at radius 3 is 2.14 bits per heavy atom. The van der Waals surface area contributed by atoms with Crippen molar-refractivity contribution in [2.75, 3.05) is 7.05 Å². The maximum atomic E-state index is 12.4. The van der Waals surface area contributed by atoms with Crippen molar-refractivity contribution >= 4 is 17.8 Å². The first kappa shape index (κ1) is 21.2. The van der Waals surface area contributed by atoms with Crippen molar-refractivity contribution in [1.82, 2.24) is 10.2 Å². The van der Waals surface area contributed by atoms with Crippen LogP contribution < -0.4 is 5.32 Å². The molecule has 2 atom stereocenters. The monoisotopic (exact) mass is 382 g/mol. The van der Waals surface area contributed by atoms with E-state index < -0.39 is 18.1 Å². The minimum Gasteiger partial charge on any atom is -0.452 e. The van der Waals surface area contributed by atoms with Crippen molar-refractivity contribution in [2.24, 2.45) is 0 Å². The molecule has 6 heteroatoms. The summed E-state index contributed by atoms with van der Waals surface area (Å²) in [6.07, 6.45) is -0.906. The molecule has 2 rings (SSSR count). The molecule has 0 bridgehead atoms. The van der Waals surface area contributed by atoms with E-state index in [1.54, 1.807) is 45.2 Å². The van der Waals surface area contributed by atoms with E-state index in [9.17, 15) is 14.4 Å². The summed E-state index contributed by atoms with van der Waals surface area (Å²) < 4.78 is 5.25. The predicted octanol–water partition coefficient (Wildman–Crippen LogP) is 2.79. The lowest BCUT2D eigenvalue weighted by Crippen LogP contribution is -2.39. The van der Waals surface area contributed by atoms with E-state index in [0.717, 1.165) is 5.56 Å².